The molecule has 1 heterocycles. The van der Waals surface area contributed by atoms with Crippen LogP contribution in [-0.4, -0.2) is 12.6 Å². The highest BCUT2D eigenvalue weighted by molar-refractivity contribution is 7.16. The van der Waals surface area contributed by atoms with Crippen LogP contribution in [0.25, 0.3) is 0 Å². The number of rotatable bonds is 5. The van der Waals surface area contributed by atoms with Crippen LogP contribution in [-0.2, 0) is 16.0 Å². The Hall–Kier alpha value is -0.800. The molecule has 0 aliphatic heterocycles. The Kier molecular flexibility index (Phi) is 4.56. The number of esters is 1. The van der Waals surface area contributed by atoms with E-state index in [1.807, 2.05) is 19.1 Å². The maximum absolute atomic E-state index is 11.8. The Morgan fingerprint density at radius 1 is 1.69 bits per heavy atom. The van der Waals surface area contributed by atoms with Crippen LogP contribution in [0.1, 0.15) is 18.7 Å². The molecule has 16 heavy (non-hydrogen) atoms. The molecule has 0 fully saturated rings. The Bertz CT molecular complexity index is 386. The molecule has 1 unspecified atom stereocenters. The number of carbonyl (C=O) groups excluding carboxylic acids is 1. The zero-order chi connectivity index (χ0) is 12.2. The number of hydrogen-bond donors (Lipinski definition) is 0. The number of hydrogen-bond acceptors (Lipinski definition) is 3. The molecule has 4 heteroatoms. The quantitative estimate of drug-likeness (QED) is 0.595. The van der Waals surface area contributed by atoms with Gasteiger partial charge in [0.15, 0.2) is 0 Å². The second kappa shape index (κ2) is 5.51. The fourth-order valence-electron chi connectivity index (χ4n) is 1.33. The van der Waals surface area contributed by atoms with Gasteiger partial charge in [-0.05, 0) is 26.0 Å². The zero-order valence-electron chi connectivity index (χ0n) is 9.46. The summed E-state index contributed by atoms with van der Waals surface area (Å²) in [5, 5.41) is 0. The zero-order valence-corrected chi connectivity index (χ0v) is 11.0. The maximum atomic E-state index is 11.8. The van der Waals surface area contributed by atoms with Crippen molar-refractivity contribution in [1.82, 2.24) is 0 Å². The van der Waals surface area contributed by atoms with E-state index in [1.54, 1.807) is 13.0 Å². The van der Waals surface area contributed by atoms with E-state index >= 15 is 0 Å². The van der Waals surface area contributed by atoms with Crippen LogP contribution in [0.4, 0.5) is 0 Å². The predicted molar refractivity (Wildman–Crippen MR) is 68.0 cm³/mol. The normalized spacial score (nSPS) is 14.2. The summed E-state index contributed by atoms with van der Waals surface area (Å²) in [7, 11) is 0. The Balaban J connectivity index is 2.81. The molecule has 0 amide bonds. The Labute approximate surface area is 105 Å². The van der Waals surface area contributed by atoms with Crippen LogP contribution in [0.15, 0.2) is 24.8 Å². The lowest BCUT2D eigenvalue weighted by Gasteiger charge is -2.22. The fourth-order valence-corrected chi connectivity index (χ4v) is 2.59. The molecule has 88 valence electrons. The minimum absolute atomic E-state index is 0.241. The second-order valence-electron chi connectivity index (χ2n) is 3.72. The van der Waals surface area contributed by atoms with Gasteiger partial charge in [-0.25, -0.2) is 0 Å². The lowest BCUT2D eigenvalue weighted by Crippen LogP contribution is -2.29. The van der Waals surface area contributed by atoms with Gasteiger partial charge in [-0.2, -0.15) is 0 Å². The lowest BCUT2D eigenvalue weighted by molar-refractivity contribution is -0.151. The third-order valence-electron chi connectivity index (χ3n) is 2.36. The van der Waals surface area contributed by atoms with Gasteiger partial charge in [0.05, 0.1) is 16.4 Å². The van der Waals surface area contributed by atoms with Gasteiger partial charge in [-0.1, -0.05) is 17.7 Å². The molecule has 0 radical (unpaired) electrons. The summed E-state index contributed by atoms with van der Waals surface area (Å²) in [5.41, 5.74) is -0.676. The average Bonchev–Trinajstić information content (AvgIpc) is 2.64. The first kappa shape index (κ1) is 13.3. The van der Waals surface area contributed by atoms with E-state index in [-0.39, 0.29) is 5.97 Å². The average molecular weight is 259 g/mol. The second-order valence-corrected chi connectivity index (χ2v) is 5.52. The first-order chi connectivity index (χ1) is 7.51. The van der Waals surface area contributed by atoms with Gasteiger partial charge in [0.1, 0.15) is 0 Å². The van der Waals surface area contributed by atoms with E-state index in [0.29, 0.717) is 13.0 Å². The molecule has 0 saturated heterocycles. The van der Waals surface area contributed by atoms with E-state index in [9.17, 15) is 4.79 Å². The molecule has 1 aromatic rings. The molecule has 1 aromatic heterocycles. The maximum Gasteiger partial charge on any atom is 0.315 e. The monoisotopic (exact) mass is 258 g/mol. The van der Waals surface area contributed by atoms with Gasteiger partial charge in [0, 0.05) is 11.3 Å². The van der Waals surface area contributed by atoms with Crippen molar-refractivity contribution in [2.24, 2.45) is 5.41 Å². The molecule has 0 aliphatic rings. The van der Waals surface area contributed by atoms with Gasteiger partial charge < -0.3 is 4.74 Å². The fraction of sp³-hybridized carbons (Fsp3) is 0.417. The molecule has 1 atom stereocenters. The summed E-state index contributed by atoms with van der Waals surface area (Å²) >= 11 is 7.33. The predicted octanol–water partition coefficient (Wildman–Crippen LogP) is 3.70. The molecule has 2 nitrogen and oxygen atoms in total. The van der Waals surface area contributed by atoms with Crippen molar-refractivity contribution in [2.45, 2.75) is 20.3 Å². The molecular weight excluding hydrogens is 244 g/mol. The van der Waals surface area contributed by atoms with E-state index in [2.05, 4.69) is 6.58 Å². The van der Waals surface area contributed by atoms with Crippen LogP contribution >= 0.6 is 22.9 Å². The topological polar surface area (TPSA) is 26.3 Å². The molecule has 0 saturated carbocycles. The Morgan fingerprint density at radius 3 is 2.81 bits per heavy atom. The third kappa shape index (κ3) is 3.09. The molecule has 0 aliphatic carbocycles. The minimum atomic E-state index is -0.676. The summed E-state index contributed by atoms with van der Waals surface area (Å²) in [4.78, 5) is 12.8. The summed E-state index contributed by atoms with van der Waals surface area (Å²) in [6, 6.07) is 3.75. The lowest BCUT2D eigenvalue weighted by atomic mass is 9.86. The van der Waals surface area contributed by atoms with Gasteiger partial charge in [-0.15, -0.1) is 17.9 Å². The highest BCUT2D eigenvalue weighted by atomic mass is 35.5. The first-order valence-corrected chi connectivity index (χ1v) is 6.26. The standard InChI is InChI=1S/C12H15ClO2S/c1-4-12(3,11(14)15-5-2)8-9-6-7-10(13)16-9/h4,6-7H,1,5,8H2,2-3H3. The minimum Gasteiger partial charge on any atom is -0.465 e. The molecule has 0 bridgehead atoms. The third-order valence-corrected chi connectivity index (χ3v) is 3.59. The Morgan fingerprint density at radius 2 is 2.38 bits per heavy atom. The van der Waals surface area contributed by atoms with Crippen LogP contribution in [0.5, 0.6) is 0 Å². The molecule has 0 N–H and O–H groups in total. The SMILES string of the molecule is C=CC(C)(Cc1ccc(Cl)s1)C(=O)OCC. The van der Waals surface area contributed by atoms with E-state index in [1.165, 1.54) is 11.3 Å². The van der Waals surface area contributed by atoms with Crippen LogP contribution in [0, 0.1) is 5.41 Å². The molecule has 1 rings (SSSR count). The van der Waals surface area contributed by atoms with Gasteiger partial charge in [0.2, 0.25) is 0 Å². The van der Waals surface area contributed by atoms with Crippen molar-refractivity contribution in [2.75, 3.05) is 6.61 Å². The summed E-state index contributed by atoms with van der Waals surface area (Å²) in [5.74, 6) is -0.241. The van der Waals surface area contributed by atoms with E-state index in [4.69, 9.17) is 16.3 Å². The van der Waals surface area contributed by atoms with Gasteiger partial charge >= 0.3 is 5.97 Å². The largest absolute Gasteiger partial charge is 0.465 e. The summed E-state index contributed by atoms with van der Waals surface area (Å²) < 4.78 is 5.77. The van der Waals surface area contributed by atoms with E-state index < -0.39 is 5.41 Å². The van der Waals surface area contributed by atoms with Gasteiger partial charge in [0.25, 0.3) is 0 Å². The van der Waals surface area contributed by atoms with Crippen molar-refractivity contribution in [3.05, 3.63) is 34.0 Å². The van der Waals surface area contributed by atoms with Crippen molar-refractivity contribution < 1.29 is 9.53 Å². The molecular formula is C12H15ClO2S. The number of carbonyl (C=O) groups is 1. The summed E-state index contributed by atoms with van der Waals surface area (Å²) in [6.45, 7) is 7.71. The molecule has 0 spiro atoms. The van der Waals surface area contributed by atoms with Crippen molar-refractivity contribution in [1.29, 1.82) is 0 Å². The van der Waals surface area contributed by atoms with Crippen LogP contribution in [0.2, 0.25) is 4.34 Å². The first-order valence-electron chi connectivity index (χ1n) is 5.07. The molecule has 0 aromatic carbocycles. The van der Waals surface area contributed by atoms with Crippen molar-refractivity contribution >= 4 is 28.9 Å². The number of thiophene rings is 1. The highest BCUT2D eigenvalue weighted by Gasteiger charge is 2.32. The highest BCUT2D eigenvalue weighted by Crippen LogP contribution is 2.31. The van der Waals surface area contributed by atoms with Crippen molar-refractivity contribution in [3.63, 3.8) is 0 Å². The van der Waals surface area contributed by atoms with Crippen LogP contribution < -0.4 is 0 Å². The smallest absolute Gasteiger partial charge is 0.315 e. The van der Waals surface area contributed by atoms with Gasteiger partial charge in [-0.3, -0.25) is 4.79 Å². The summed E-state index contributed by atoms with van der Waals surface area (Å²) in [6.07, 6.45) is 2.21. The number of halogens is 1. The van der Waals surface area contributed by atoms with Crippen LogP contribution in [0.3, 0.4) is 0 Å². The number of ether oxygens (including phenoxy) is 1. The van der Waals surface area contributed by atoms with E-state index in [0.717, 1.165) is 9.21 Å². The van der Waals surface area contributed by atoms with Crippen molar-refractivity contribution in [3.8, 4) is 0 Å².